The van der Waals surface area contributed by atoms with Gasteiger partial charge in [-0.2, -0.15) is 0 Å². The number of carbonyl (C=O) groups excluding carboxylic acids is 2. The van der Waals surface area contributed by atoms with E-state index in [1.54, 1.807) is 12.4 Å². The van der Waals surface area contributed by atoms with E-state index in [2.05, 4.69) is 47.8 Å². The van der Waals surface area contributed by atoms with E-state index in [-0.39, 0.29) is 11.2 Å². The monoisotopic (exact) mass is 611 g/mol. The second-order valence-electron chi connectivity index (χ2n) is 16.2. The van der Waals surface area contributed by atoms with Gasteiger partial charge in [0.05, 0.1) is 11.4 Å². The zero-order valence-corrected chi connectivity index (χ0v) is 27.4. The molecule has 0 N–H and O–H groups in total. The number of hydrogen-bond acceptors (Lipinski definition) is 5. The number of pyridine rings is 3. The van der Waals surface area contributed by atoms with Crippen LogP contribution in [0, 0.1) is 46.8 Å². The van der Waals surface area contributed by atoms with Gasteiger partial charge in [0.25, 0.3) is 0 Å². The molecular weight excluding hydrogens is 566 g/mol. The lowest BCUT2D eigenvalue weighted by molar-refractivity contribution is -0.00736. The maximum atomic E-state index is 13.0. The third kappa shape index (κ3) is 5.63. The number of ketones is 2. The SMILES string of the molecule is CC1(C)CC(=O)c2ccc(C#Cc3cccnc3)nc2C1.O=C1c2ccc(C34CC5CC(CC(C5)C3)C4)nc2CC2CCCCC12. The summed E-state index contributed by atoms with van der Waals surface area (Å²) in [5, 5.41) is 0. The van der Waals surface area contributed by atoms with Crippen LogP contribution in [0.4, 0.5) is 0 Å². The molecule has 5 fully saturated rings. The Bertz CT molecular complexity index is 1710. The lowest BCUT2D eigenvalue weighted by atomic mass is 9.48. The Morgan fingerprint density at radius 2 is 1.52 bits per heavy atom. The molecule has 5 nitrogen and oxygen atoms in total. The van der Waals surface area contributed by atoms with Crippen molar-refractivity contribution in [3.63, 3.8) is 0 Å². The van der Waals surface area contributed by atoms with E-state index in [4.69, 9.17) is 4.98 Å². The van der Waals surface area contributed by atoms with Gasteiger partial charge in [0.2, 0.25) is 0 Å². The van der Waals surface area contributed by atoms with E-state index in [0.29, 0.717) is 35.1 Å². The summed E-state index contributed by atoms with van der Waals surface area (Å²) in [4.78, 5) is 38.9. The average Bonchev–Trinajstić information content (AvgIpc) is 3.03. The molecule has 0 aliphatic heterocycles. The van der Waals surface area contributed by atoms with Crippen LogP contribution < -0.4 is 0 Å². The summed E-state index contributed by atoms with van der Waals surface area (Å²) in [5.74, 6) is 10.4. The first-order chi connectivity index (χ1) is 22.2. The highest BCUT2D eigenvalue weighted by Crippen LogP contribution is 2.60. The molecule has 3 aromatic rings. The predicted molar refractivity (Wildman–Crippen MR) is 178 cm³/mol. The Labute approximate surface area is 273 Å². The summed E-state index contributed by atoms with van der Waals surface area (Å²) in [6, 6.07) is 11.9. The van der Waals surface area contributed by atoms with Gasteiger partial charge in [0.15, 0.2) is 11.6 Å². The Morgan fingerprint density at radius 3 is 2.26 bits per heavy atom. The smallest absolute Gasteiger partial charge is 0.168 e. The minimum atomic E-state index is -0.0213. The maximum absolute atomic E-state index is 13.0. The van der Waals surface area contributed by atoms with Crippen LogP contribution in [0.15, 0.2) is 48.8 Å². The van der Waals surface area contributed by atoms with Crippen LogP contribution in [0.3, 0.4) is 0 Å². The molecule has 0 amide bonds. The first-order valence-electron chi connectivity index (χ1n) is 17.7. The molecule has 10 rings (SSSR count). The second kappa shape index (κ2) is 11.5. The fraction of sp³-hybridized carbons (Fsp3) is 0.537. The van der Waals surface area contributed by atoms with E-state index in [9.17, 15) is 9.59 Å². The molecule has 0 aromatic carbocycles. The summed E-state index contributed by atoms with van der Waals surface area (Å²) in [7, 11) is 0. The minimum absolute atomic E-state index is 0.0213. The molecule has 46 heavy (non-hydrogen) atoms. The van der Waals surface area contributed by atoms with Crippen LogP contribution in [-0.4, -0.2) is 26.5 Å². The number of carbonyl (C=O) groups is 2. The highest BCUT2D eigenvalue weighted by atomic mass is 16.1. The van der Waals surface area contributed by atoms with Crippen LogP contribution in [0.2, 0.25) is 0 Å². The molecule has 5 saturated carbocycles. The average molecular weight is 612 g/mol. The summed E-state index contributed by atoms with van der Waals surface area (Å²) in [6.07, 6.45) is 19.3. The third-order valence-electron chi connectivity index (χ3n) is 12.1. The molecule has 5 heteroatoms. The molecule has 3 heterocycles. The van der Waals surface area contributed by atoms with Gasteiger partial charge in [-0.15, -0.1) is 0 Å². The van der Waals surface area contributed by atoms with Gasteiger partial charge in [-0.1, -0.05) is 32.6 Å². The summed E-state index contributed by atoms with van der Waals surface area (Å²) in [6.45, 7) is 4.20. The molecule has 2 atom stereocenters. The van der Waals surface area contributed by atoms with Gasteiger partial charge in [-0.25, -0.2) is 4.98 Å². The summed E-state index contributed by atoms with van der Waals surface area (Å²) < 4.78 is 0. The lowest BCUT2D eigenvalue weighted by Crippen LogP contribution is -2.49. The highest BCUT2D eigenvalue weighted by Gasteiger charge is 2.52. The van der Waals surface area contributed by atoms with Crippen molar-refractivity contribution >= 4 is 11.6 Å². The summed E-state index contributed by atoms with van der Waals surface area (Å²) in [5.41, 5.74) is 6.99. The van der Waals surface area contributed by atoms with E-state index in [1.165, 1.54) is 63.5 Å². The van der Waals surface area contributed by atoms with Crippen LogP contribution in [0.1, 0.15) is 134 Å². The van der Waals surface area contributed by atoms with Crippen molar-refractivity contribution in [1.29, 1.82) is 0 Å². The highest BCUT2D eigenvalue weighted by molar-refractivity contribution is 6.00. The molecule has 0 saturated heterocycles. The zero-order valence-electron chi connectivity index (χ0n) is 27.4. The molecule has 0 radical (unpaired) electrons. The van der Waals surface area contributed by atoms with Gasteiger partial charge < -0.3 is 0 Å². The first-order valence-corrected chi connectivity index (χ1v) is 17.7. The van der Waals surface area contributed by atoms with Crippen molar-refractivity contribution < 1.29 is 9.59 Å². The fourth-order valence-corrected chi connectivity index (χ4v) is 10.4. The quantitative estimate of drug-likeness (QED) is 0.260. The fourth-order valence-electron chi connectivity index (χ4n) is 10.4. The lowest BCUT2D eigenvalue weighted by Gasteiger charge is -2.56. The van der Waals surface area contributed by atoms with Gasteiger partial charge in [0.1, 0.15) is 5.69 Å². The normalized spacial score (nSPS) is 31.4. The van der Waals surface area contributed by atoms with Crippen LogP contribution in [-0.2, 0) is 18.3 Å². The Balaban J connectivity index is 0.000000138. The standard InChI is InChI=1S/C23H29NO.C18H16N2O/c25-22-18-4-2-1-3-17(18)10-20-19(22)5-6-21(24-20)23-11-14-7-15(12-23)9-16(8-14)13-23;1-18(2)10-16-15(17(21)11-18)8-7-14(20-16)6-5-13-4-3-9-19-12-13/h5-6,14-18H,1-4,7-13H2;3-4,7-9,12H,10-11H2,1-2H3. The Hall–Kier alpha value is -3.65. The van der Waals surface area contributed by atoms with E-state index < -0.39 is 0 Å². The van der Waals surface area contributed by atoms with Crippen LogP contribution in [0.5, 0.6) is 0 Å². The molecule has 7 aliphatic rings. The molecule has 4 bridgehead atoms. The van der Waals surface area contributed by atoms with Crippen molar-refractivity contribution in [2.75, 3.05) is 0 Å². The van der Waals surface area contributed by atoms with Gasteiger partial charge >= 0.3 is 0 Å². The number of nitrogens with zero attached hydrogens (tertiary/aromatic N) is 3. The van der Waals surface area contributed by atoms with Crippen LogP contribution >= 0.6 is 0 Å². The number of Topliss-reactive ketones (excluding diaryl/α,β-unsaturated/α-hetero) is 2. The van der Waals surface area contributed by atoms with Crippen molar-refractivity contribution in [2.24, 2.45) is 35.0 Å². The largest absolute Gasteiger partial charge is 0.294 e. The number of aromatic nitrogens is 3. The van der Waals surface area contributed by atoms with Crippen molar-refractivity contribution in [3.05, 3.63) is 88.3 Å². The second-order valence-corrected chi connectivity index (χ2v) is 16.2. The van der Waals surface area contributed by atoms with Crippen molar-refractivity contribution in [3.8, 4) is 11.8 Å². The van der Waals surface area contributed by atoms with Gasteiger partial charge in [0, 0.05) is 52.5 Å². The van der Waals surface area contributed by atoms with Gasteiger partial charge in [-0.05, 0) is 136 Å². The van der Waals surface area contributed by atoms with Gasteiger partial charge in [-0.3, -0.25) is 19.6 Å². The summed E-state index contributed by atoms with van der Waals surface area (Å²) >= 11 is 0. The van der Waals surface area contributed by atoms with Crippen molar-refractivity contribution in [1.82, 2.24) is 15.0 Å². The molecule has 236 valence electrons. The first kappa shape index (κ1) is 29.7. The molecule has 3 aromatic heterocycles. The van der Waals surface area contributed by atoms with E-state index in [0.717, 1.165) is 65.1 Å². The van der Waals surface area contributed by atoms with Crippen molar-refractivity contribution in [2.45, 2.75) is 103 Å². The third-order valence-corrected chi connectivity index (χ3v) is 12.1. The predicted octanol–water partition coefficient (Wildman–Crippen LogP) is 8.13. The number of fused-ring (bicyclic) bond motifs is 3. The topological polar surface area (TPSA) is 72.8 Å². The Morgan fingerprint density at radius 1 is 0.783 bits per heavy atom. The maximum Gasteiger partial charge on any atom is 0.168 e. The Kier molecular flexibility index (Phi) is 7.46. The molecule has 0 spiro atoms. The molecular formula is C41H45N3O2. The zero-order chi connectivity index (χ0) is 31.5. The van der Waals surface area contributed by atoms with E-state index >= 15 is 0 Å². The number of hydrogen-bond donors (Lipinski definition) is 0. The molecule has 7 aliphatic carbocycles. The van der Waals surface area contributed by atoms with Crippen LogP contribution in [0.25, 0.3) is 0 Å². The molecule has 2 unspecified atom stereocenters. The van der Waals surface area contributed by atoms with E-state index in [1.807, 2.05) is 24.3 Å². The number of rotatable bonds is 1. The minimum Gasteiger partial charge on any atom is -0.294 e.